The minimum atomic E-state index is -5.37. The fourth-order valence-corrected chi connectivity index (χ4v) is 2.35. The Labute approximate surface area is 155 Å². The van der Waals surface area contributed by atoms with Crippen molar-refractivity contribution < 1.29 is 36.6 Å². The number of carbonyl (C=O) groups excluding carboxylic acids is 2. The van der Waals surface area contributed by atoms with Gasteiger partial charge in [-0.1, -0.05) is 0 Å². The van der Waals surface area contributed by atoms with E-state index in [1.54, 1.807) is 0 Å². The average Bonchev–Trinajstić information content (AvgIpc) is 2.59. The third-order valence-corrected chi connectivity index (χ3v) is 3.85. The van der Waals surface area contributed by atoms with Crippen molar-refractivity contribution in [1.29, 1.82) is 0 Å². The molecular formula is C17H13F4N3O4. The second-order valence-electron chi connectivity index (χ2n) is 5.83. The first kappa shape index (κ1) is 19.5. The van der Waals surface area contributed by atoms with E-state index >= 15 is 0 Å². The van der Waals surface area contributed by atoms with Gasteiger partial charge in [-0.25, -0.2) is 9.18 Å². The molecule has 11 heteroatoms. The van der Waals surface area contributed by atoms with Gasteiger partial charge in [0.2, 0.25) is 0 Å². The molecule has 2 aromatic rings. The maximum atomic E-state index is 14.5. The predicted molar refractivity (Wildman–Crippen MR) is 87.1 cm³/mol. The van der Waals surface area contributed by atoms with Crippen molar-refractivity contribution in [2.24, 2.45) is 5.73 Å². The highest BCUT2D eigenvalue weighted by Crippen LogP contribution is 2.35. The zero-order chi connectivity index (χ0) is 20.5. The van der Waals surface area contributed by atoms with Crippen molar-refractivity contribution in [2.45, 2.75) is 12.3 Å². The van der Waals surface area contributed by atoms with Gasteiger partial charge in [-0.15, -0.1) is 0 Å². The number of esters is 1. The van der Waals surface area contributed by atoms with Crippen molar-refractivity contribution >= 4 is 11.9 Å². The molecule has 1 aliphatic heterocycles. The van der Waals surface area contributed by atoms with Crippen LogP contribution in [0.4, 0.5) is 17.6 Å². The van der Waals surface area contributed by atoms with Crippen LogP contribution in [0.15, 0.2) is 30.5 Å². The number of ether oxygens (including phenoxy) is 2. The molecule has 1 saturated heterocycles. The number of pyridine rings is 1. The minimum absolute atomic E-state index is 0.000945. The predicted octanol–water partition coefficient (Wildman–Crippen LogP) is 1.80. The molecule has 1 aliphatic rings. The number of hydrogen-bond acceptors (Lipinski definition) is 6. The van der Waals surface area contributed by atoms with Crippen molar-refractivity contribution in [1.82, 2.24) is 10.3 Å². The Balaban J connectivity index is 1.98. The van der Waals surface area contributed by atoms with Crippen LogP contribution in [0, 0.1) is 5.82 Å². The number of alkyl halides is 3. The summed E-state index contributed by atoms with van der Waals surface area (Å²) in [5, 5.41) is 3.01. The molecule has 7 nitrogen and oxygen atoms in total. The largest absolute Gasteiger partial charge is 0.491 e. The zero-order valence-electron chi connectivity index (χ0n) is 14.0. The van der Waals surface area contributed by atoms with Crippen LogP contribution in [0.25, 0.3) is 11.3 Å². The van der Waals surface area contributed by atoms with E-state index in [2.05, 4.69) is 15.0 Å². The van der Waals surface area contributed by atoms with E-state index in [0.717, 1.165) is 12.1 Å². The van der Waals surface area contributed by atoms with Gasteiger partial charge in [-0.2, -0.15) is 13.2 Å². The smallest absolute Gasteiger partial charge is 0.486 e. The number of carbonyl (C=O) groups is 2. The number of nitrogens with zero attached hydrogens (tertiary/aromatic N) is 1. The number of nitrogens with one attached hydrogen (secondary N) is 1. The number of aromatic nitrogens is 1. The first-order valence-electron chi connectivity index (χ1n) is 7.92. The average molecular weight is 399 g/mol. The molecule has 28 heavy (non-hydrogen) atoms. The number of amides is 1. The topological polar surface area (TPSA) is 104 Å². The number of halogens is 4. The molecule has 0 atom stereocenters. The van der Waals surface area contributed by atoms with Crippen molar-refractivity contribution in [3.05, 3.63) is 41.8 Å². The van der Waals surface area contributed by atoms with Crippen LogP contribution in [-0.2, 0) is 4.79 Å². The Morgan fingerprint density at radius 1 is 1.18 bits per heavy atom. The summed E-state index contributed by atoms with van der Waals surface area (Å²) < 4.78 is 61.9. The van der Waals surface area contributed by atoms with E-state index in [1.165, 1.54) is 18.3 Å². The third-order valence-electron chi connectivity index (χ3n) is 3.85. The summed E-state index contributed by atoms with van der Waals surface area (Å²) in [6.07, 6.45) is -4.10. The van der Waals surface area contributed by atoms with Gasteiger partial charge >= 0.3 is 12.1 Å². The normalized spacial score (nSPS) is 14.3. The maximum Gasteiger partial charge on any atom is 0.491 e. The minimum Gasteiger partial charge on any atom is -0.486 e. The molecule has 0 bridgehead atoms. The van der Waals surface area contributed by atoms with Crippen molar-refractivity contribution in [3.8, 4) is 22.8 Å². The van der Waals surface area contributed by atoms with Gasteiger partial charge in [0, 0.05) is 18.7 Å². The van der Waals surface area contributed by atoms with Crippen LogP contribution in [0.5, 0.6) is 11.5 Å². The Morgan fingerprint density at radius 2 is 1.89 bits per heavy atom. The number of benzene rings is 1. The molecule has 1 fully saturated rings. The highest BCUT2D eigenvalue weighted by atomic mass is 19.4. The highest BCUT2D eigenvalue weighted by Gasteiger charge is 2.42. The molecule has 0 spiro atoms. The van der Waals surface area contributed by atoms with Gasteiger partial charge in [0.25, 0.3) is 5.91 Å². The molecular weight excluding hydrogens is 386 g/mol. The number of rotatable bonds is 5. The lowest BCUT2D eigenvalue weighted by atomic mass is 10.1. The van der Waals surface area contributed by atoms with Crippen LogP contribution in [0.3, 0.4) is 0 Å². The zero-order valence-corrected chi connectivity index (χ0v) is 14.0. The van der Waals surface area contributed by atoms with Crippen molar-refractivity contribution in [2.75, 3.05) is 13.1 Å². The molecule has 0 radical (unpaired) electrons. The van der Waals surface area contributed by atoms with Gasteiger partial charge < -0.3 is 20.5 Å². The summed E-state index contributed by atoms with van der Waals surface area (Å²) in [6.45, 7) is 1.33. The van der Waals surface area contributed by atoms with Crippen LogP contribution < -0.4 is 20.5 Å². The molecule has 3 N–H and O–H groups in total. The molecule has 1 aromatic heterocycles. The molecule has 1 aromatic carbocycles. The summed E-state index contributed by atoms with van der Waals surface area (Å²) in [6, 6.07) is 4.88. The first-order valence-corrected chi connectivity index (χ1v) is 7.92. The summed E-state index contributed by atoms with van der Waals surface area (Å²) in [4.78, 5) is 26.5. The fourth-order valence-electron chi connectivity index (χ4n) is 2.35. The quantitative estimate of drug-likeness (QED) is 0.452. The summed E-state index contributed by atoms with van der Waals surface area (Å²) in [5.74, 6) is -6.07. The van der Waals surface area contributed by atoms with Crippen LogP contribution in [0.1, 0.15) is 10.4 Å². The van der Waals surface area contributed by atoms with Gasteiger partial charge in [-0.3, -0.25) is 9.78 Å². The lowest BCUT2D eigenvalue weighted by Gasteiger charge is -2.27. The first-order chi connectivity index (χ1) is 13.2. The summed E-state index contributed by atoms with van der Waals surface area (Å²) >= 11 is 0. The highest BCUT2D eigenvalue weighted by molar-refractivity contribution is 5.95. The van der Waals surface area contributed by atoms with E-state index < -0.39 is 35.2 Å². The Bertz CT molecular complexity index is 912. The Kier molecular flexibility index (Phi) is 5.18. The van der Waals surface area contributed by atoms with E-state index in [-0.39, 0.29) is 17.4 Å². The van der Waals surface area contributed by atoms with E-state index in [0.29, 0.717) is 18.8 Å². The second-order valence-corrected chi connectivity index (χ2v) is 5.83. The van der Waals surface area contributed by atoms with Crippen molar-refractivity contribution in [3.63, 3.8) is 0 Å². The van der Waals surface area contributed by atoms with Gasteiger partial charge in [0.1, 0.15) is 11.9 Å². The van der Waals surface area contributed by atoms with Crippen LogP contribution >= 0.6 is 0 Å². The number of hydrogen-bond donors (Lipinski definition) is 2. The Morgan fingerprint density at radius 3 is 2.39 bits per heavy atom. The fraction of sp³-hybridized carbons (Fsp3) is 0.235. The number of primary amides is 1. The van der Waals surface area contributed by atoms with Gasteiger partial charge in [0.15, 0.2) is 11.6 Å². The lowest BCUT2D eigenvalue weighted by molar-refractivity contribution is -0.189. The second kappa shape index (κ2) is 7.43. The van der Waals surface area contributed by atoms with Gasteiger partial charge in [-0.05, 0) is 24.3 Å². The standard InChI is InChI=1S/C17H13F4N3O4/c18-13-11(15(22)25)3-2-10(14(13)28-16(26)17(19,20)21)12-4-1-8(7-24-12)27-9-5-23-6-9/h1-4,7,9,23H,5-6H2,(H2,22,25). The molecule has 0 aliphatic carbocycles. The molecule has 2 heterocycles. The summed E-state index contributed by atoms with van der Waals surface area (Å²) in [5.41, 5.74) is 4.00. The van der Waals surface area contributed by atoms with Gasteiger partial charge in [0.05, 0.1) is 17.5 Å². The monoisotopic (exact) mass is 399 g/mol. The molecule has 148 valence electrons. The third kappa shape index (κ3) is 4.03. The van der Waals surface area contributed by atoms with E-state index in [4.69, 9.17) is 10.5 Å². The lowest BCUT2D eigenvalue weighted by Crippen LogP contribution is -2.50. The molecule has 0 saturated carbocycles. The van der Waals surface area contributed by atoms with E-state index in [9.17, 15) is 27.2 Å². The molecule has 3 rings (SSSR count). The molecule has 0 unspecified atom stereocenters. The molecule has 1 amide bonds. The summed E-state index contributed by atoms with van der Waals surface area (Å²) in [7, 11) is 0. The SMILES string of the molecule is NC(=O)c1ccc(-c2ccc(OC3CNC3)cn2)c(OC(=O)C(F)(F)F)c1F. The van der Waals surface area contributed by atoms with Crippen LogP contribution in [0.2, 0.25) is 0 Å². The number of nitrogens with two attached hydrogens (primary N) is 1. The maximum absolute atomic E-state index is 14.5. The van der Waals surface area contributed by atoms with Crippen LogP contribution in [-0.4, -0.2) is 42.2 Å². The van der Waals surface area contributed by atoms with E-state index in [1.807, 2.05) is 0 Å². The Hall–Kier alpha value is -3.21.